The molecule has 1 saturated carbocycles. The van der Waals surface area contributed by atoms with Crippen molar-refractivity contribution < 1.29 is 13.2 Å². The summed E-state index contributed by atoms with van der Waals surface area (Å²) in [5.74, 6) is 0. The molecule has 1 aromatic rings. The normalized spacial score (nSPS) is 18.5. The Kier molecular flexibility index (Phi) is 2.70. The van der Waals surface area contributed by atoms with Gasteiger partial charge in [0.2, 0.25) is 0 Å². The van der Waals surface area contributed by atoms with Crippen molar-refractivity contribution in [3.8, 4) is 0 Å². The van der Waals surface area contributed by atoms with Crippen molar-refractivity contribution in [2.75, 3.05) is 0 Å². The molecule has 1 aromatic carbocycles. The first-order valence-electron chi connectivity index (χ1n) is 5.31. The lowest BCUT2D eigenvalue weighted by atomic mass is 10.1. The van der Waals surface area contributed by atoms with Gasteiger partial charge >= 0.3 is 6.18 Å². The van der Waals surface area contributed by atoms with Gasteiger partial charge in [-0.05, 0) is 31.4 Å². The lowest BCUT2D eigenvalue weighted by Gasteiger charge is -2.16. The van der Waals surface area contributed by atoms with E-state index >= 15 is 0 Å². The third-order valence-corrected chi connectivity index (χ3v) is 3.03. The Morgan fingerprint density at radius 3 is 2.44 bits per heavy atom. The van der Waals surface area contributed by atoms with Crippen molar-refractivity contribution in [3.05, 3.63) is 35.4 Å². The summed E-state index contributed by atoms with van der Waals surface area (Å²) in [6.45, 7) is 2.31. The largest absolute Gasteiger partial charge is 0.416 e. The first-order chi connectivity index (χ1) is 7.41. The van der Waals surface area contributed by atoms with Crippen molar-refractivity contribution in [1.29, 1.82) is 0 Å². The van der Waals surface area contributed by atoms with Gasteiger partial charge in [0.1, 0.15) is 0 Å². The van der Waals surface area contributed by atoms with Gasteiger partial charge in [0, 0.05) is 12.1 Å². The lowest BCUT2D eigenvalue weighted by Crippen LogP contribution is -2.28. The zero-order valence-electron chi connectivity index (χ0n) is 9.06. The number of benzene rings is 1. The number of hydrogen-bond donors (Lipinski definition) is 1. The van der Waals surface area contributed by atoms with E-state index in [4.69, 9.17) is 0 Å². The van der Waals surface area contributed by atoms with Crippen LogP contribution in [0.2, 0.25) is 0 Å². The zero-order chi connectivity index (χ0) is 11.8. The maximum absolute atomic E-state index is 12.7. The first kappa shape index (κ1) is 11.5. The third kappa shape index (κ3) is 2.55. The van der Waals surface area contributed by atoms with Crippen molar-refractivity contribution >= 4 is 0 Å². The molecule has 0 aliphatic heterocycles. The molecule has 0 radical (unpaired) electrons. The summed E-state index contributed by atoms with van der Waals surface area (Å²) in [5.41, 5.74) is -0.159. The minimum atomic E-state index is -4.26. The van der Waals surface area contributed by atoms with E-state index in [2.05, 4.69) is 5.32 Å². The molecular weight excluding hydrogens is 215 g/mol. The second-order valence-electron chi connectivity index (χ2n) is 4.57. The molecule has 0 aromatic heterocycles. The Hall–Kier alpha value is -1.03. The molecule has 1 fully saturated rings. The molecule has 1 N–H and O–H groups in total. The quantitative estimate of drug-likeness (QED) is 0.838. The fraction of sp³-hybridized carbons (Fsp3) is 0.500. The van der Waals surface area contributed by atoms with Gasteiger partial charge in [-0.1, -0.05) is 18.2 Å². The summed E-state index contributed by atoms with van der Waals surface area (Å²) in [5, 5.41) is 3.16. The molecule has 2 rings (SSSR count). The van der Waals surface area contributed by atoms with E-state index in [1.54, 1.807) is 6.07 Å². The van der Waals surface area contributed by atoms with Crippen molar-refractivity contribution in [2.45, 2.75) is 38.0 Å². The molecule has 0 spiro atoms. The molecule has 4 heteroatoms. The van der Waals surface area contributed by atoms with E-state index in [0.29, 0.717) is 5.56 Å². The van der Waals surface area contributed by atoms with E-state index in [9.17, 15) is 13.2 Å². The van der Waals surface area contributed by atoms with Gasteiger partial charge in [-0.3, -0.25) is 0 Å². The van der Waals surface area contributed by atoms with Crippen LogP contribution in [0.1, 0.15) is 30.9 Å². The molecular formula is C12H14F3N. The molecule has 1 aliphatic carbocycles. The summed E-state index contributed by atoms with van der Waals surface area (Å²) >= 11 is 0. The Bertz CT molecular complexity index is 380. The molecule has 88 valence electrons. The summed E-state index contributed by atoms with van der Waals surface area (Å²) < 4.78 is 38.0. The average Bonchev–Trinajstić information content (AvgIpc) is 2.94. The summed E-state index contributed by atoms with van der Waals surface area (Å²) in [6, 6.07) is 5.72. The highest BCUT2D eigenvalue weighted by Crippen LogP contribution is 2.36. The summed E-state index contributed by atoms with van der Waals surface area (Å²) in [6.07, 6.45) is -2.18. The number of nitrogens with one attached hydrogen (secondary N) is 1. The summed E-state index contributed by atoms with van der Waals surface area (Å²) in [4.78, 5) is 0. The van der Waals surface area contributed by atoms with E-state index in [-0.39, 0.29) is 12.1 Å². The van der Waals surface area contributed by atoms with Gasteiger partial charge in [-0.15, -0.1) is 0 Å². The fourth-order valence-electron chi connectivity index (χ4n) is 1.62. The van der Waals surface area contributed by atoms with Crippen LogP contribution < -0.4 is 5.32 Å². The number of halogens is 3. The number of rotatable bonds is 3. The monoisotopic (exact) mass is 229 g/mol. The van der Waals surface area contributed by atoms with Gasteiger partial charge in [-0.25, -0.2) is 0 Å². The Balaban J connectivity index is 2.13. The van der Waals surface area contributed by atoms with Crippen molar-refractivity contribution in [2.24, 2.45) is 0 Å². The van der Waals surface area contributed by atoms with Crippen LogP contribution in [0.5, 0.6) is 0 Å². The van der Waals surface area contributed by atoms with Crippen LogP contribution in [0.25, 0.3) is 0 Å². The fourth-order valence-corrected chi connectivity index (χ4v) is 1.62. The highest BCUT2D eigenvalue weighted by molar-refractivity contribution is 5.29. The standard InChI is InChI=1S/C12H14F3N/c1-11(6-7-11)16-8-9-4-2-3-5-10(9)12(13,14)15/h2-5,16H,6-8H2,1H3. The summed E-state index contributed by atoms with van der Waals surface area (Å²) in [7, 11) is 0. The van der Waals surface area contributed by atoms with Crippen molar-refractivity contribution in [3.63, 3.8) is 0 Å². The van der Waals surface area contributed by atoms with E-state index in [1.807, 2.05) is 6.92 Å². The molecule has 0 bridgehead atoms. The molecule has 0 saturated heterocycles. The molecule has 1 aliphatic rings. The van der Waals surface area contributed by atoms with Crippen LogP contribution in [0.4, 0.5) is 13.2 Å². The van der Waals surface area contributed by atoms with E-state index in [0.717, 1.165) is 18.9 Å². The van der Waals surface area contributed by atoms with Crippen LogP contribution >= 0.6 is 0 Å². The molecule has 0 amide bonds. The topological polar surface area (TPSA) is 12.0 Å². The Morgan fingerprint density at radius 1 is 1.25 bits per heavy atom. The molecule has 0 atom stereocenters. The number of hydrogen-bond acceptors (Lipinski definition) is 1. The zero-order valence-corrected chi connectivity index (χ0v) is 9.06. The second-order valence-corrected chi connectivity index (χ2v) is 4.57. The minimum Gasteiger partial charge on any atom is -0.307 e. The highest BCUT2D eigenvalue weighted by atomic mass is 19.4. The average molecular weight is 229 g/mol. The minimum absolute atomic E-state index is 0.0543. The van der Waals surface area contributed by atoms with E-state index in [1.165, 1.54) is 12.1 Å². The second kappa shape index (κ2) is 3.77. The predicted octanol–water partition coefficient (Wildman–Crippen LogP) is 3.35. The van der Waals surface area contributed by atoms with Crippen molar-refractivity contribution in [1.82, 2.24) is 5.32 Å². The molecule has 0 unspecified atom stereocenters. The smallest absolute Gasteiger partial charge is 0.307 e. The number of alkyl halides is 3. The van der Waals surface area contributed by atoms with E-state index < -0.39 is 11.7 Å². The molecule has 0 heterocycles. The van der Waals surface area contributed by atoms with Crippen LogP contribution in [0, 0.1) is 0 Å². The van der Waals surface area contributed by atoms with Gasteiger partial charge in [0.15, 0.2) is 0 Å². The molecule has 1 nitrogen and oxygen atoms in total. The Labute approximate surface area is 92.7 Å². The van der Waals surface area contributed by atoms with Gasteiger partial charge in [0.25, 0.3) is 0 Å². The first-order valence-corrected chi connectivity index (χ1v) is 5.31. The van der Waals surface area contributed by atoms with Crippen LogP contribution in [-0.4, -0.2) is 5.54 Å². The third-order valence-electron chi connectivity index (χ3n) is 3.03. The maximum Gasteiger partial charge on any atom is 0.416 e. The lowest BCUT2D eigenvalue weighted by molar-refractivity contribution is -0.138. The Morgan fingerprint density at radius 2 is 1.88 bits per heavy atom. The maximum atomic E-state index is 12.7. The van der Waals surface area contributed by atoms with Crippen LogP contribution in [0.3, 0.4) is 0 Å². The predicted molar refractivity (Wildman–Crippen MR) is 55.9 cm³/mol. The highest BCUT2D eigenvalue weighted by Gasteiger charge is 2.38. The SMILES string of the molecule is CC1(NCc2ccccc2C(F)(F)F)CC1. The van der Waals surface area contributed by atoms with Gasteiger partial charge in [0.05, 0.1) is 5.56 Å². The van der Waals surface area contributed by atoms with Gasteiger partial charge in [-0.2, -0.15) is 13.2 Å². The van der Waals surface area contributed by atoms with Gasteiger partial charge < -0.3 is 5.32 Å². The molecule has 16 heavy (non-hydrogen) atoms. The van der Waals surface area contributed by atoms with Crippen LogP contribution in [-0.2, 0) is 12.7 Å². The van der Waals surface area contributed by atoms with Crippen LogP contribution in [0.15, 0.2) is 24.3 Å².